The first-order valence-electron chi connectivity index (χ1n) is 33.0. The first kappa shape index (κ1) is 90.9. The highest BCUT2D eigenvalue weighted by molar-refractivity contribution is 5.88. The van der Waals surface area contributed by atoms with Crippen LogP contribution in [0.15, 0.2) is 0 Å². The zero-order chi connectivity index (χ0) is 74.7. The van der Waals surface area contributed by atoms with E-state index in [1.54, 1.807) is 45.0 Å². The van der Waals surface area contributed by atoms with E-state index >= 15 is 0 Å². The minimum atomic E-state index is -0.727. The molecule has 0 bridgehead atoms. The van der Waals surface area contributed by atoms with E-state index < -0.39 is 62.4 Å². The van der Waals surface area contributed by atoms with E-state index in [0.29, 0.717) is 39.3 Å². The zero-order valence-electron chi connectivity index (χ0n) is 64.7. The van der Waals surface area contributed by atoms with Crippen LogP contribution in [0.25, 0.3) is 0 Å². The molecule has 4 aliphatic heterocycles. The topological polar surface area (TPSA) is 276 Å². The van der Waals surface area contributed by atoms with Crippen molar-refractivity contribution in [3.63, 3.8) is 0 Å². The van der Waals surface area contributed by atoms with Gasteiger partial charge in [-0.15, -0.1) is 10.1 Å². The van der Waals surface area contributed by atoms with Gasteiger partial charge in [0.2, 0.25) is 0 Å². The monoisotopic (exact) mass is 1350 g/mol. The number of carbonyl (C=O) groups excluding carboxylic acids is 9. The lowest BCUT2D eigenvalue weighted by Crippen LogP contribution is -2.46. The van der Waals surface area contributed by atoms with E-state index in [1.165, 1.54) is 4.90 Å². The van der Waals surface area contributed by atoms with Crippen LogP contribution in [0, 0.1) is 65.0 Å². The van der Waals surface area contributed by atoms with Crippen molar-refractivity contribution in [3.8, 4) is 0 Å². The smallest absolute Gasteiger partial charge is 0.465 e. The van der Waals surface area contributed by atoms with Gasteiger partial charge in [0.1, 0.15) is 25.4 Å². The average Bonchev–Trinajstić information content (AvgIpc) is 0.852. The lowest BCUT2D eigenvalue weighted by Gasteiger charge is -2.40. The lowest BCUT2D eigenvalue weighted by atomic mass is 9.69. The van der Waals surface area contributed by atoms with Crippen LogP contribution in [0.5, 0.6) is 0 Å². The summed E-state index contributed by atoms with van der Waals surface area (Å²) in [7, 11) is 3.08. The lowest BCUT2D eigenvalue weighted by molar-refractivity contribution is -0.219. The van der Waals surface area contributed by atoms with Crippen molar-refractivity contribution in [1.82, 2.24) is 15.0 Å². The van der Waals surface area contributed by atoms with E-state index in [9.17, 15) is 43.2 Å². The van der Waals surface area contributed by atoms with Gasteiger partial charge in [-0.25, -0.2) is 19.2 Å². The number of aliphatic hydroxyl groups excluding tert-OH is 1. The number of rotatable bonds is 13. The summed E-state index contributed by atoms with van der Waals surface area (Å²) in [6, 6.07) is 0. The number of hydroxylamine groups is 4. The summed E-state index contributed by atoms with van der Waals surface area (Å²) >= 11 is 0. The molecule has 23 nitrogen and oxygen atoms in total. The van der Waals surface area contributed by atoms with Gasteiger partial charge in [-0.1, -0.05) is 125 Å². The Kier molecular flexibility index (Phi) is 34.2. The second kappa shape index (κ2) is 35.4. The molecule has 1 N–H and O–H groups in total. The maximum absolute atomic E-state index is 12.3. The highest BCUT2D eigenvalue weighted by Crippen LogP contribution is 2.44. The third-order valence-corrected chi connectivity index (χ3v) is 20.4. The van der Waals surface area contributed by atoms with Crippen molar-refractivity contribution < 1.29 is 95.8 Å². The summed E-state index contributed by atoms with van der Waals surface area (Å²) in [5.74, 6) is -1.88. The Balaban J connectivity index is 0. The molecule has 94 heavy (non-hydrogen) atoms. The number of cyclic esters (lactones) is 3. The van der Waals surface area contributed by atoms with Gasteiger partial charge < -0.3 is 57.6 Å². The summed E-state index contributed by atoms with van der Waals surface area (Å²) in [6.07, 6.45) is 1.14. The van der Waals surface area contributed by atoms with Crippen molar-refractivity contribution in [2.24, 2.45) is 65.0 Å². The molecule has 2 unspecified atom stereocenters. The molecular weight excluding hydrogens is 1210 g/mol. The number of hydrogen-bond acceptors (Lipinski definition) is 22. The first-order chi connectivity index (χ1) is 41.8. The van der Waals surface area contributed by atoms with Crippen LogP contribution in [0.2, 0.25) is 0 Å². The van der Waals surface area contributed by atoms with Gasteiger partial charge in [0.15, 0.2) is 6.10 Å². The number of nitrogens with zero attached hydrogens (tertiary/aromatic N) is 3. The van der Waals surface area contributed by atoms with Gasteiger partial charge in [0.25, 0.3) is 0 Å². The highest BCUT2D eigenvalue weighted by atomic mass is 16.8. The van der Waals surface area contributed by atoms with E-state index in [-0.39, 0.29) is 101 Å². The predicted octanol–water partition coefficient (Wildman–Crippen LogP) is 13.2. The third-order valence-electron chi connectivity index (χ3n) is 20.4. The first-order valence-corrected chi connectivity index (χ1v) is 33.0. The van der Waals surface area contributed by atoms with Gasteiger partial charge in [0, 0.05) is 33.6 Å². The summed E-state index contributed by atoms with van der Waals surface area (Å²) in [5.41, 5.74) is -5.08. The summed E-state index contributed by atoms with van der Waals surface area (Å²) in [6.45, 7) is 65.1. The molecule has 0 aromatic rings. The molecule has 0 radical (unpaired) electrons. The molecule has 1 amide bonds. The number of carbonyl (C=O) groups is 9. The molecular formula is C71H131N3O20. The Labute approximate surface area is 566 Å². The Bertz CT molecular complexity index is 2460. The molecule has 2 atom stereocenters. The molecule has 550 valence electrons. The van der Waals surface area contributed by atoms with E-state index in [4.69, 9.17) is 47.9 Å². The molecule has 0 aromatic heterocycles. The normalized spacial score (nSPS) is 18.8. The van der Waals surface area contributed by atoms with Crippen molar-refractivity contribution in [1.29, 1.82) is 0 Å². The molecule has 0 aliphatic carbocycles. The minimum absolute atomic E-state index is 0.0457. The molecule has 0 aromatic carbocycles. The second-order valence-electron chi connectivity index (χ2n) is 34.5. The van der Waals surface area contributed by atoms with Gasteiger partial charge >= 0.3 is 54.0 Å². The fraction of sp³-hybridized carbons (Fsp3) is 0.873. The number of morpholine rings is 1. The zero-order valence-corrected chi connectivity index (χ0v) is 64.7. The Morgan fingerprint density at radius 1 is 0.489 bits per heavy atom. The fourth-order valence-corrected chi connectivity index (χ4v) is 6.39. The highest BCUT2D eigenvalue weighted by Gasteiger charge is 2.48. The van der Waals surface area contributed by atoms with Gasteiger partial charge in [0.05, 0.1) is 78.4 Å². The number of hydrogen-bond donors (Lipinski definition) is 1. The molecule has 4 heterocycles. The number of esters is 5. The van der Waals surface area contributed by atoms with E-state index in [2.05, 4.69) is 25.5 Å². The summed E-state index contributed by atoms with van der Waals surface area (Å²) in [4.78, 5) is 117. The Hall–Kier alpha value is -5.13. The van der Waals surface area contributed by atoms with Crippen LogP contribution < -0.4 is 0 Å². The van der Waals surface area contributed by atoms with E-state index in [0.717, 1.165) is 25.9 Å². The third kappa shape index (κ3) is 28.1. The summed E-state index contributed by atoms with van der Waals surface area (Å²) < 4.78 is 39.9. The van der Waals surface area contributed by atoms with E-state index in [1.807, 2.05) is 173 Å². The number of amides is 1. The van der Waals surface area contributed by atoms with Gasteiger partial charge in [-0.2, -0.15) is 0 Å². The second-order valence-corrected chi connectivity index (χ2v) is 34.5. The number of aliphatic hydroxyl groups is 1. The number of ether oxygens (including phenoxy) is 8. The van der Waals surface area contributed by atoms with Gasteiger partial charge in [-0.3, -0.25) is 24.0 Å². The van der Waals surface area contributed by atoms with Crippen LogP contribution >= 0.6 is 0 Å². The molecule has 4 aliphatic rings. The molecule has 4 saturated heterocycles. The SMILES string of the molecule is CC(C)(C)C(C)(C)C(=O)OCC1COC(=O)O1.CC(C)(C)C(C)(C)C(=O)OCCO.CC(C)(C)C(C)(C)C(=O)ON1CCCC1.CC(C)(C)C(C)(C)C(=O)ON1CCOCC1.CC1(OC(=O)C(C)(C)C(C)(C)C)CCOC(=O)C1.CN(C)C(=O)OC(=O)C(C)(C)C(C)(C)C. The molecule has 0 spiro atoms. The van der Waals surface area contributed by atoms with Crippen LogP contribution in [-0.2, 0) is 81.1 Å². The predicted molar refractivity (Wildman–Crippen MR) is 360 cm³/mol. The molecule has 4 rings (SSSR count). The maximum atomic E-state index is 12.3. The molecule has 23 heteroatoms. The fourth-order valence-electron chi connectivity index (χ4n) is 6.39. The van der Waals surface area contributed by atoms with Crippen molar-refractivity contribution in [2.45, 2.75) is 252 Å². The van der Waals surface area contributed by atoms with Gasteiger partial charge in [-0.05, 0) is 135 Å². The minimum Gasteiger partial charge on any atom is -0.465 e. The Morgan fingerprint density at radius 3 is 1.18 bits per heavy atom. The molecule has 4 fully saturated rings. The quantitative estimate of drug-likeness (QED) is 0.102. The largest absolute Gasteiger partial charge is 0.508 e. The van der Waals surface area contributed by atoms with Crippen LogP contribution in [0.4, 0.5) is 9.59 Å². The van der Waals surface area contributed by atoms with Crippen LogP contribution in [0.1, 0.15) is 240 Å². The standard InChI is InChI=1S/C14H24O4.C12H23NO3.C12H23NO2.C12H20O5.C11H21NO3.C10H20O3/c1-12(2,3)13(4,5)11(16)18-14(6)7-8-17-10(15)9-14;1-11(2,3)12(4,5)10(14)16-13-6-8-15-9-7-13;1-11(2,3)12(4,5)10(14)15-13-8-6-7-9-13;1-11(2,3)12(4,5)9(13)15-6-8-7-16-10(14)17-8;1-10(2,3)11(4,5)8(13)15-9(14)12(6)7;1-9(2,3)10(4,5)8(12)13-7-6-11/h7-9H2,1-6H3;6-9H2,1-5H3;6-9H2,1-5H3;8H,6-7H2,1-5H3;1-7H3;11H,6-7H2,1-5H3. The van der Waals surface area contributed by atoms with Crippen LogP contribution in [0.3, 0.4) is 0 Å². The average molecular weight is 1350 g/mol. The maximum Gasteiger partial charge on any atom is 0.508 e. The molecule has 0 saturated carbocycles. The van der Waals surface area contributed by atoms with Crippen molar-refractivity contribution in [3.05, 3.63) is 0 Å². The van der Waals surface area contributed by atoms with Crippen LogP contribution in [-0.4, -0.2) is 172 Å². The van der Waals surface area contributed by atoms with Crippen molar-refractivity contribution in [2.75, 3.05) is 86.5 Å². The Morgan fingerprint density at radius 2 is 0.840 bits per heavy atom. The van der Waals surface area contributed by atoms with Crippen molar-refractivity contribution >= 4 is 54.0 Å². The summed E-state index contributed by atoms with van der Waals surface area (Å²) in [5, 5.41) is 12.0.